The summed E-state index contributed by atoms with van der Waals surface area (Å²) in [7, 11) is 0. The van der Waals surface area contributed by atoms with Gasteiger partial charge in [-0.05, 0) is 30.9 Å². The summed E-state index contributed by atoms with van der Waals surface area (Å²) in [6.07, 6.45) is 2.63. The van der Waals surface area contributed by atoms with Gasteiger partial charge in [0, 0.05) is 27.7 Å². The van der Waals surface area contributed by atoms with Crippen LogP contribution < -0.4 is 16.3 Å². The van der Waals surface area contributed by atoms with Crippen LogP contribution in [0.1, 0.15) is 34.7 Å². The van der Waals surface area contributed by atoms with Crippen molar-refractivity contribution in [1.29, 1.82) is 0 Å². The van der Waals surface area contributed by atoms with Crippen molar-refractivity contribution in [2.24, 2.45) is 21.7 Å². The third kappa shape index (κ3) is 3.16. The van der Waals surface area contributed by atoms with E-state index in [1.807, 2.05) is 31.2 Å². The zero-order valence-electron chi connectivity index (χ0n) is 13.1. The first-order valence-electron chi connectivity index (χ1n) is 7.46. The average molecular weight is 345 g/mol. The molecule has 0 spiro atoms. The third-order valence-corrected chi connectivity index (χ3v) is 4.35. The molecule has 124 valence electrons. The van der Waals surface area contributed by atoms with E-state index < -0.39 is 0 Å². The fraction of sp³-hybridized carbons (Fsp3) is 0.250. The van der Waals surface area contributed by atoms with Gasteiger partial charge in [-0.15, -0.1) is 5.10 Å². The fourth-order valence-corrected chi connectivity index (χ4v) is 3.36. The summed E-state index contributed by atoms with van der Waals surface area (Å²) in [6.45, 7) is 1.84. The first-order valence-corrected chi connectivity index (χ1v) is 7.83. The Balaban J connectivity index is 2.12. The Morgan fingerprint density at radius 3 is 2.79 bits per heavy atom. The minimum atomic E-state index is -0.121. The number of rotatable bonds is 2. The number of halogens is 1. The third-order valence-electron chi connectivity index (χ3n) is 4.01. The summed E-state index contributed by atoms with van der Waals surface area (Å²) in [5.41, 5.74) is 14.8. The van der Waals surface area contributed by atoms with Gasteiger partial charge >= 0.3 is 0 Å². The minimum absolute atomic E-state index is 0.0495. The smallest absolute Gasteiger partial charge is 0.213 e. The lowest BCUT2D eigenvalue weighted by atomic mass is 9.80. The molecular weight excluding hydrogens is 328 g/mol. The maximum absolute atomic E-state index is 11.7. The molecular formula is C16H17ClN6O. The molecule has 0 aliphatic heterocycles. The van der Waals surface area contributed by atoms with Gasteiger partial charge in [0.1, 0.15) is 5.69 Å². The van der Waals surface area contributed by atoms with Crippen molar-refractivity contribution in [2.45, 2.75) is 25.7 Å². The predicted octanol–water partition coefficient (Wildman–Crippen LogP) is 1.38. The largest absolute Gasteiger partial charge is 0.594 e. The van der Waals surface area contributed by atoms with Crippen LogP contribution in [0.3, 0.4) is 0 Å². The van der Waals surface area contributed by atoms with Crippen molar-refractivity contribution in [3.8, 4) is 0 Å². The first kappa shape index (κ1) is 16.2. The minimum Gasteiger partial charge on any atom is -0.594 e. The van der Waals surface area contributed by atoms with Crippen molar-refractivity contribution in [3.05, 3.63) is 63.1 Å². The number of hydrogen-bond acceptors (Lipinski definition) is 4. The van der Waals surface area contributed by atoms with Crippen LogP contribution in [0.15, 0.2) is 40.7 Å². The zero-order chi connectivity index (χ0) is 17.3. The molecule has 1 heterocycles. The van der Waals surface area contributed by atoms with Crippen LogP contribution in [0.2, 0.25) is 5.02 Å². The monoisotopic (exact) mass is 344 g/mol. The highest BCUT2D eigenvalue weighted by Crippen LogP contribution is 2.36. The molecule has 0 saturated carbocycles. The highest BCUT2D eigenvalue weighted by atomic mass is 35.5. The Labute approximate surface area is 144 Å². The van der Waals surface area contributed by atoms with Crippen LogP contribution in [0.5, 0.6) is 0 Å². The van der Waals surface area contributed by atoms with E-state index in [1.54, 1.807) is 0 Å². The van der Waals surface area contributed by atoms with Gasteiger partial charge in [0.15, 0.2) is 0 Å². The lowest BCUT2D eigenvalue weighted by Gasteiger charge is -2.25. The van der Waals surface area contributed by atoms with Gasteiger partial charge in [-0.2, -0.15) is 5.10 Å². The van der Waals surface area contributed by atoms with Gasteiger partial charge in [-0.25, -0.2) is 0 Å². The van der Waals surface area contributed by atoms with E-state index in [-0.39, 0.29) is 11.9 Å². The van der Waals surface area contributed by atoms with Crippen molar-refractivity contribution >= 4 is 23.3 Å². The summed E-state index contributed by atoms with van der Waals surface area (Å²) in [4.78, 5) is 0.571. The van der Waals surface area contributed by atoms with Gasteiger partial charge < -0.3 is 16.7 Å². The molecule has 1 aliphatic carbocycles. The molecule has 24 heavy (non-hydrogen) atoms. The van der Waals surface area contributed by atoms with Gasteiger partial charge in [-0.1, -0.05) is 34.6 Å². The molecule has 1 aliphatic rings. The van der Waals surface area contributed by atoms with Gasteiger partial charge in [-0.3, -0.25) is 0 Å². The number of fused-ring (bicyclic) bond motifs is 1. The summed E-state index contributed by atoms with van der Waals surface area (Å²) >= 11 is 6.33. The average Bonchev–Trinajstić information content (AvgIpc) is 2.52. The van der Waals surface area contributed by atoms with Crippen molar-refractivity contribution in [3.63, 3.8) is 0 Å². The molecule has 8 heteroatoms. The second-order valence-corrected chi connectivity index (χ2v) is 6.14. The standard InChI is InChI=1S/C16H17ClN6O/c1-9-8-23(24)22-14-7-10(11-4-2-3-5-12(11)17)6-13(15(9)14)20-21-16(18)19/h2-5,8,10H,6-7H2,1H3,(H4,18,19,21). The number of nitrogens with two attached hydrogens (primary N) is 2. The summed E-state index contributed by atoms with van der Waals surface area (Å²) < 4.78 is 0. The molecule has 2 aromatic rings. The van der Waals surface area contributed by atoms with Crippen molar-refractivity contribution < 1.29 is 4.85 Å². The number of hydrogen-bond donors (Lipinski definition) is 2. The van der Waals surface area contributed by atoms with E-state index in [4.69, 9.17) is 23.1 Å². The molecule has 0 bridgehead atoms. The Morgan fingerprint density at radius 2 is 2.08 bits per heavy atom. The lowest BCUT2D eigenvalue weighted by Crippen LogP contribution is -2.36. The van der Waals surface area contributed by atoms with Crippen LogP contribution in [0, 0.1) is 12.1 Å². The molecule has 4 N–H and O–H groups in total. The molecule has 3 rings (SSSR count). The van der Waals surface area contributed by atoms with Gasteiger partial charge in [0.2, 0.25) is 12.2 Å². The van der Waals surface area contributed by atoms with Gasteiger partial charge in [0.25, 0.3) is 0 Å². The molecule has 1 atom stereocenters. The van der Waals surface area contributed by atoms with Crippen LogP contribution >= 0.6 is 11.6 Å². The number of aromatic nitrogens is 2. The molecule has 0 radical (unpaired) electrons. The van der Waals surface area contributed by atoms with E-state index in [2.05, 4.69) is 15.3 Å². The van der Waals surface area contributed by atoms with E-state index in [0.29, 0.717) is 34.1 Å². The lowest BCUT2D eigenvalue weighted by molar-refractivity contribution is -0.670. The molecule has 0 saturated heterocycles. The zero-order valence-corrected chi connectivity index (χ0v) is 13.9. The summed E-state index contributed by atoms with van der Waals surface area (Å²) in [6, 6.07) is 7.62. The Bertz CT molecular complexity index is 844. The number of guanidine groups is 1. The van der Waals surface area contributed by atoms with Crippen LogP contribution in [0.4, 0.5) is 0 Å². The van der Waals surface area contributed by atoms with E-state index in [0.717, 1.165) is 16.7 Å². The van der Waals surface area contributed by atoms with Crippen LogP contribution in [0.25, 0.3) is 0 Å². The molecule has 0 amide bonds. The highest BCUT2D eigenvalue weighted by molar-refractivity contribution is 6.31. The summed E-state index contributed by atoms with van der Waals surface area (Å²) in [5.74, 6) is -0.0715. The number of aryl methyl sites for hydroxylation is 1. The van der Waals surface area contributed by atoms with E-state index in [1.165, 1.54) is 6.20 Å². The SMILES string of the molecule is Cc1c[n+]([O-])nc2c1C(=NN=C(N)N)CC(c1ccccc1Cl)C2. The topological polar surface area (TPSA) is 117 Å². The normalized spacial score (nSPS) is 18.2. The van der Waals surface area contributed by atoms with Crippen LogP contribution in [-0.2, 0) is 6.42 Å². The first-order chi connectivity index (χ1) is 11.5. The van der Waals surface area contributed by atoms with Gasteiger partial charge in [0.05, 0.1) is 5.71 Å². The van der Waals surface area contributed by atoms with E-state index in [9.17, 15) is 5.21 Å². The maximum atomic E-state index is 11.7. The molecule has 7 nitrogen and oxygen atoms in total. The number of benzene rings is 1. The van der Waals surface area contributed by atoms with E-state index >= 15 is 0 Å². The second-order valence-electron chi connectivity index (χ2n) is 5.73. The molecule has 1 unspecified atom stereocenters. The molecule has 1 aromatic carbocycles. The molecule has 0 fully saturated rings. The number of nitrogens with zero attached hydrogens (tertiary/aromatic N) is 4. The Hall–Kier alpha value is -2.67. The maximum Gasteiger partial charge on any atom is 0.213 e. The quantitative estimate of drug-likeness (QED) is 0.281. The fourth-order valence-electron chi connectivity index (χ4n) is 3.07. The predicted molar refractivity (Wildman–Crippen MR) is 92.8 cm³/mol. The second kappa shape index (κ2) is 6.45. The Morgan fingerprint density at radius 1 is 1.33 bits per heavy atom. The van der Waals surface area contributed by atoms with Crippen molar-refractivity contribution in [2.75, 3.05) is 0 Å². The summed E-state index contributed by atoms with van der Waals surface area (Å²) in [5, 5.41) is 24.4. The Kier molecular flexibility index (Phi) is 4.35. The van der Waals surface area contributed by atoms with Crippen molar-refractivity contribution in [1.82, 2.24) is 5.10 Å². The molecule has 1 aromatic heterocycles. The highest BCUT2D eigenvalue weighted by Gasteiger charge is 2.30. The van der Waals surface area contributed by atoms with Crippen LogP contribution in [-0.4, -0.2) is 16.8 Å².